The molecule has 0 saturated carbocycles. The number of aliphatic carboxylic acids is 2. The summed E-state index contributed by atoms with van der Waals surface area (Å²) in [5, 5.41) is 38.0. The topological polar surface area (TPSA) is 280 Å². The molecule has 1 aromatic carbocycles. The zero-order valence-electron chi connectivity index (χ0n) is 26.4. The van der Waals surface area contributed by atoms with E-state index in [0.29, 0.717) is 12.0 Å². The second-order valence-electron chi connectivity index (χ2n) is 11.6. The summed E-state index contributed by atoms with van der Waals surface area (Å²) in [7, 11) is 0. The Kier molecular flexibility index (Phi) is 16.2. The van der Waals surface area contributed by atoms with Gasteiger partial charge in [0.1, 0.15) is 29.9 Å². The van der Waals surface area contributed by atoms with Crippen LogP contribution in [0.2, 0.25) is 0 Å². The van der Waals surface area contributed by atoms with E-state index in [0.717, 1.165) is 0 Å². The molecule has 0 radical (unpaired) electrons. The molecule has 1 rings (SSSR count). The molecule has 5 amide bonds. The second kappa shape index (κ2) is 18.9. The highest BCUT2D eigenvalue weighted by Gasteiger charge is 2.34. The summed E-state index contributed by atoms with van der Waals surface area (Å²) in [6.45, 7) is 7.00. The van der Waals surface area contributed by atoms with Gasteiger partial charge in [-0.1, -0.05) is 46.2 Å². The molecule has 0 spiro atoms. The third-order valence-corrected chi connectivity index (χ3v) is 7.16. The van der Waals surface area contributed by atoms with Crippen LogP contribution in [0.15, 0.2) is 24.3 Å². The minimum atomic E-state index is -1.51. The van der Waals surface area contributed by atoms with Crippen molar-refractivity contribution in [3.05, 3.63) is 29.8 Å². The second-order valence-corrected chi connectivity index (χ2v) is 11.6. The van der Waals surface area contributed by atoms with E-state index >= 15 is 0 Å². The summed E-state index contributed by atoms with van der Waals surface area (Å²) in [6, 6.07) is -0.738. The Morgan fingerprint density at radius 3 is 1.83 bits per heavy atom. The molecule has 0 fully saturated rings. The van der Waals surface area contributed by atoms with Crippen LogP contribution in [-0.2, 0) is 40.0 Å². The highest BCUT2D eigenvalue weighted by atomic mass is 16.4. The molecule has 16 heteroatoms. The standard InChI is InChI=1S/C30H46N6O10/c1-5-16(4)25(29(44)33-20(30(45)46)10-11-24(39)40)36-28(43)21(12-15(2)3)35-27(42)22(13-17-6-8-18(37)9-7-17)34-26(41)19(31)14-23(32)38/h6-9,15-16,19-22,25,37H,5,10-14,31H2,1-4H3,(H2,32,38)(H,33,44)(H,34,41)(H,35,42)(H,36,43)(H,39,40)(H,45,46)/t16-,19-,20-,21-,22-,25-/m0/s1. The summed E-state index contributed by atoms with van der Waals surface area (Å²) in [5.41, 5.74) is 11.4. The molecule has 0 unspecified atom stereocenters. The molecule has 0 bridgehead atoms. The number of phenols is 1. The summed E-state index contributed by atoms with van der Waals surface area (Å²) < 4.78 is 0. The molecule has 1 aromatic rings. The number of carboxylic acid groups (broad SMARTS) is 2. The average molecular weight is 651 g/mol. The van der Waals surface area contributed by atoms with Gasteiger partial charge in [-0.15, -0.1) is 0 Å². The molecule has 46 heavy (non-hydrogen) atoms. The molecular formula is C30H46N6O10. The van der Waals surface area contributed by atoms with Gasteiger partial charge in [0.25, 0.3) is 0 Å². The first-order valence-electron chi connectivity index (χ1n) is 14.9. The van der Waals surface area contributed by atoms with Gasteiger partial charge in [-0.2, -0.15) is 0 Å². The summed E-state index contributed by atoms with van der Waals surface area (Å²) in [4.78, 5) is 86.9. The Bertz CT molecular complexity index is 1240. The van der Waals surface area contributed by atoms with Crippen LogP contribution in [0, 0.1) is 11.8 Å². The Hall–Kier alpha value is -4.73. The highest BCUT2D eigenvalue weighted by Crippen LogP contribution is 2.14. The number of nitrogens with two attached hydrogens (primary N) is 2. The number of hydrogen-bond donors (Lipinski definition) is 9. The van der Waals surface area contributed by atoms with Crippen molar-refractivity contribution in [3.63, 3.8) is 0 Å². The minimum absolute atomic E-state index is 0.0256. The van der Waals surface area contributed by atoms with Crippen LogP contribution in [0.25, 0.3) is 0 Å². The molecule has 0 saturated heterocycles. The molecule has 0 aliphatic heterocycles. The number of carbonyl (C=O) groups is 7. The number of hydrogen-bond acceptors (Lipinski definition) is 9. The van der Waals surface area contributed by atoms with Crippen molar-refractivity contribution in [2.45, 2.75) is 96.4 Å². The van der Waals surface area contributed by atoms with Gasteiger partial charge in [0.15, 0.2) is 0 Å². The molecular weight excluding hydrogens is 604 g/mol. The van der Waals surface area contributed by atoms with Crippen molar-refractivity contribution in [2.24, 2.45) is 23.3 Å². The monoisotopic (exact) mass is 650 g/mol. The number of carbonyl (C=O) groups excluding carboxylic acids is 5. The average Bonchev–Trinajstić information content (AvgIpc) is 2.96. The number of phenolic OH excluding ortho intramolecular Hbond substituents is 1. The van der Waals surface area contributed by atoms with E-state index in [1.165, 1.54) is 24.3 Å². The van der Waals surface area contributed by atoms with Crippen molar-refractivity contribution in [2.75, 3.05) is 0 Å². The van der Waals surface area contributed by atoms with E-state index in [-0.39, 0.29) is 30.9 Å². The molecule has 11 N–H and O–H groups in total. The largest absolute Gasteiger partial charge is 0.508 e. The maximum absolute atomic E-state index is 13.6. The molecule has 6 atom stereocenters. The first-order valence-corrected chi connectivity index (χ1v) is 14.9. The smallest absolute Gasteiger partial charge is 0.326 e. The molecule has 256 valence electrons. The van der Waals surface area contributed by atoms with Crippen LogP contribution in [-0.4, -0.2) is 87.0 Å². The van der Waals surface area contributed by atoms with Crippen LogP contribution >= 0.6 is 0 Å². The first kappa shape index (κ1) is 39.3. The number of aromatic hydroxyl groups is 1. The molecule has 0 aliphatic rings. The van der Waals surface area contributed by atoms with Crippen LogP contribution in [0.4, 0.5) is 0 Å². The van der Waals surface area contributed by atoms with Gasteiger partial charge >= 0.3 is 11.9 Å². The maximum Gasteiger partial charge on any atom is 0.326 e. The molecule has 0 aliphatic carbocycles. The SMILES string of the molecule is CC[C@H](C)[C@H](NC(=O)[C@H](CC(C)C)NC(=O)[C@H](Cc1ccc(O)cc1)NC(=O)[C@@H](N)CC(N)=O)C(=O)N[C@@H](CCC(=O)O)C(=O)O. The predicted molar refractivity (Wildman–Crippen MR) is 165 cm³/mol. The predicted octanol–water partition coefficient (Wildman–Crippen LogP) is -0.882. The fraction of sp³-hybridized carbons (Fsp3) is 0.567. The van der Waals surface area contributed by atoms with Gasteiger partial charge in [0.05, 0.1) is 12.5 Å². The number of rotatable bonds is 20. The summed E-state index contributed by atoms with van der Waals surface area (Å²) >= 11 is 0. The summed E-state index contributed by atoms with van der Waals surface area (Å²) in [6.07, 6.45) is -0.920. The number of amides is 5. The van der Waals surface area contributed by atoms with Gasteiger partial charge in [-0.3, -0.25) is 28.8 Å². The van der Waals surface area contributed by atoms with Crippen LogP contribution < -0.4 is 32.7 Å². The number of carboxylic acids is 2. The van der Waals surface area contributed by atoms with Gasteiger partial charge in [0.2, 0.25) is 29.5 Å². The lowest BCUT2D eigenvalue weighted by atomic mass is 9.96. The van der Waals surface area contributed by atoms with Crippen molar-refractivity contribution in [1.82, 2.24) is 21.3 Å². The van der Waals surface area contributed by atoms with Crippen molar-refractivity contribution in [3.8, 4) is 5.75 Å². The lowest BCUT2D eigenvalue weighted by Gasteiger charge is -2.29. The zero-order valence-corrected chi connectivity index (χ0v) is 26.4. The quantitative estimate of drug-likeness (QED) is 0.0835. The fourth-order valence-corrected chi connectivity index (χ4v) is 4.38. The minimum Gasteiger partial charge on any atom is -0.508 e. The highest BCUT2D eigenvalue weighted by molar-refractivity contribution is 5.96. The van der Waals surface area contributed by atoms with Crippen LogP contribution in [0.5, 0.6) is 5.75 Å². The number of nitrogens with one attached hydrogen (secondary N) is 4. The number of benzene rings is 1. The van der Waals surface area contributed by atoms with Crippen LogP contribution in [0.1, 0.15) is 65.4 Å². The lowest BCUT2D eigenvalue weighted by molar-refractivity contribution is -0.143. The molecule has 0 heterocycles. The Balaban J connectivity index is 3.27. The Morgan fingerprint density at radius 2 is 1.33 bits per heavy atom. The van der Waals surface area contributed by atoms with Gasteiger partial charge < -0.3 is 48.1 Å². The third kappa shape index (κ3) is 13.9. The van der Waals surface area contributed by atoms with E-state index in [1.54, 1.807) is 27.7 Å². The summed E-state index contributed by atoms with van der Waals surface area (Å²) in [5.74, 6) is -7.36. The van der Waals surface area contributed by atoms with Gasteiger partial charge in [0, 0.05) is 12.8 Å². The molecule has 0 aromatic heterocycles. The van der Waals surface area contributed by atoms with E-state index in [4.69, 9.17) is 16.6 Å². The Labute approximate surface area is 267 Å². The van der Waals surface area contributed by atoms with Crippen molar-refractivity contribution in [1.29, 1.82) is 0 Å². The third-order valence-electron chi connectivity index (χ3n) is 7.16. The number of primary amides is 1. The normalized spacial score (nSPS) is 14.9. The van der Waals surface area contributed by atoms with Crippen molar-refractivity contribution >= 4 is 41.5 Å². The van der Waals surface area contributed by atoms with Gasteiger partial charge in [-0.25, -0.2) is 4.79 Å². The van der Waals surface area contributed by atoms with Gasteiger partial charge in [-0.05, 0) is 42.4 Å². The zero-order chi connectivity index (χ0) is 35.1. The van der Waals surface area contributed by atoms with E-state index < -0.39 is 90.4 Å². The van der Waals surface area contributed by atoms with E-state index in [1.807, 2.05) is 0 Å². The molecule has 16 nitrogen and oxygen atoms in total. The van der Waals surface area contributed by atoms with Crippen molar-refractivity contribution < 1.29 is 48.9 Å². The fourth-order valence-electron chi connectivity index (χ4n) is 4.38. The van der Waals surface area contributed by atoms with Crippen LogP contribution in [0.3, 0.4) is 0 Å². The maximum atomic E-state index is 13.6. The first-order chi connectivity index (χ1) is 21.4. The lowest BCUT2D eigenvalue weighted by Crippen LogP contribution is -2.60. The van der Waals surface area contributed by atoms with E-state index in [9.17, 15) is 43.8 Å². The van der Waals surface area contributed by atoms with E-state index in [2.05, 4.69) is 21.3 Å². The Morgan fingerprint density at radius 1 is 0.783 bits per heavy atom.